The molecule has 4 aliphatic carbocycles. The first-order chi connectivity index (χ1) is 18.2. The summed E-state index contributed by atoms with van der Waals surface area (Å²) in [6.07, 6.45) is 10.7. The fraction of sp³-hybridized carbons (Fsp3) is 0.765. The number of hydrogen-bond donors (Lipinski definition) is 1. The average molecular weight is 523 g/mol. The molecule has 0 bridgehead atoms. The summed E-state index contributed by atoms with van der Waals surface area (Å²) in [4.78, 5) is 0. The highest BCUT2D eigenvalue weighted by atomic mass is 16.7. The van der Waals surface area contributed by atoms with E-state index in [9.17, 15) is 5.11 Å². The zero-order valence-electron chi connectivity index (χ0n) is 24.3. The average Bonchev–Trinajstić information content (AvgIpc) is 3.22. The predicted octanol–water partition coefficient (Wildman–Crippen LogP) is 7.20. The highest BCUT2D eigenvalue weighted by Crippen LogP contribution is 2.65. The van der Waals surface area contributed by atoms with Crippen LogP contribution in [0.4, 0.5) is 0 Å². The molecule has 1 aromatic rings. The lowest BCUT2D eigenvalue weighted by Crippen LogP contribution is -2.52. The van der Waals surface area contributed by atoms with E-state index in [4.69, 9.17) is 14.2 Å². The molecule has 4 fully saturated rings. The van der Waals surface area contributed by atoms with Crippen molar-refractivity contribution in [1.82, 2.24) is 0 Å². The van der Waals surface area contributed by atoms with Gasteiger partial charge in [-0.25, -0.2) is 0 Å². The van der Waals surface area contributed by atoms with Crippen LogP contribution < -0.4 is 0 Å². The van der Waals surface area contributed by atoms with Gasteiger partial charge in [0.25, 0.3) is 0 Å². The third-order valence-corrected chi connectivity index (χ3v) is 11.0. The van der Waals surface area contributed by atoms with Crippen molar-refractivity contribution in [3.05, 3.63) is 46.5 Å². The molecule has 5 aliphatic rings. The number of allylic oxidation sites excluding steroid dienone is 2. The minimum atomic E-state index is -0.374. The minimum Gasteiger partial charge on any atom is -0.393 e. The molecule has 3 saturated carbocycles. The van der Waals surface area contributed by atoms with Crippen molar-refractivity contribution < 1.29 is 19.3 Å². The summed E-state index contributed by atoms with van der Waals surface area (Å²) in [5, 5.41) is 11.2. The molecule has 4 heteroatoms. The minimum absolute atomic E-state index is 0.0238. The number of rotatable bonds is 6. The van der Waals surface area contributed by atoms with Crippen LogP contribution in [0.15, 0.2) is 35.4 Å². The van der Waals surface area contributed by atoms with Crippen molar-refractivity contribution in [2.75, 3.05) is 26.4 Å². The van der Waals surface area contributed by atoms with E-state index in [1.807, 2.05) is 0 Å². The van der Waals surface area contributed by atoms with Crippen LogP contribution in [0.1, 0.15) is 103 Å². The molecule has 1 heterocycles. The van der Waals surface area contributed by atoms with Crippen molar-refractivity contribution in [1.29, 1.82) is 0 Å². The molecule has 1 saturated heterocycles. The van der Waals surface area contributed by atoms with Gasteiger partial charge in [-0.3, -0.25) is 0 Å². The van der Waals surface area contributed by atoms with Crippen LogP contribution in [0.25, 0.3) is 0 Å². The molecule has 1 aromatic carbocycles. The van der Waals surface area contributed by atoms with Crippen LogP contribution in [-0.2, 0) is 20.6 Å². The van der Waals surface area contributed by atoms with Crippen molar-refractivity contribution in [3.8, 4) is 0 Å². The molecular formula is C34H50O4. The Morgan fingerprint density at radius 1 is 0.947 bits per heavy atom. The van der Waals surface area contributed by atoms with Gasteiger partial charge in [-0.15, -0.1) is 0 Å². The topological polar surface area (TPSA) is 47.9 Å². The second-order valence-corrected chi connectivity index (χ2v) is 14.3. The summed E-state index contributed by atoms with van der Waals surface area (Å²) in [7, 11) is 0. The molecular weight excluding hydrogens is 472 g/mol. The normalized spacial score (nSPS) is 37.6. The molecule has 0 radical (unpaired) electrons. The summed E-state index contributed by atoms with van der Waals surface area (Å²) in [5.41, 5.74) is 6.42. The van der Waals surface area contributed by atoms with E-state index in [0.29, 0.717) is 23.7 Å². The summed E-state index contributed by atoms with van der Waals surface area (Å²) in [6.45, 7) is 12.3. The Kier molecular flexibility index (Phi) is 7.33. The molecule has 38 heavy (non-hydrogen) atoms. The number of ether oxygens (including phenoxy) is 3. The van der Waals surface area contributed by atoms with Gasteiger partial charge in [-0.2, -0.15) is 0 Å². The van der Waals surface area contributed by atoms with E-state index in [1.54, 1.807) is 11.1 Å². The summed E-state index contributed by atoms with van der Waals surface area (Å²) >= 11 is 0. The molecule has 0 aromatic heterocycles. The van der Waals surface area contributed by atoms with Gasteiger partial charge in [0.15, 0.2) is 5.79 Å². The lowest BCUT2D eigenvalue weighted by Gasteiger charge is -2.55. The van der Waals surface area contributed by atoms with E-state index in [2.05, 4.69) is 52.0 Å². The highest BCUT2D eigenvalue weighted by molar-refractivity contribution is 5.41. The fourth-order valence-corrected chi connectivity index (χ4v) is 8.85. The number of benzene rings is 1. The Balaban J connectivity index is 1.29. The van der Waals surface area contributed by atoms with E-state index >= 15 is 0 Å². The van der Waals surface area contributed by atoms with Crippen LogP contribution >= 0.6 is 0 Å². The molecule has 1 aliphatic heterocycles. The monoisotopic (exact) mass is 522 g/mol. The van der Waals surface area contributed by atoms with E-state index in [1.165, 1.54) is 30.4 Å². The van der Waals surface area contributed by atoms with Crippen molar-refractivity contribution in [2.45, 2.75) is 110 Å². The molecule has 0 amide bonds. The summed E-state index contributed by atoms with van der Waals surface area (Å²) in [5.74, 6) is 1.85. The van der Waals surface area contributed by atoms with Crippen LogP contribution in [0, 0.1) is 28.6 Å². The van der Waals surface area contributed by atoms with Crippen molar-refractivity contribution >= 4 is 0 Å². The molecule has 1 spiro atoms. The standard InChI is InChI=1S/C34H50O4/c1-5-17-36-18-15-23-6-8-24(9-7-23)28-20-33(4)29(12-13-30(33)35)27-11-10-25-19-34(16-14-26(25)31(27)28)37-21-32(2,3)22-38-34/h6-9,25,27-30,35H,5,10-22H2,1-4H3. The van der Waals surface area contributed by atoms with Gasteiger partial charge in [0, 0.05) is 30.8 Å². The van der Waals surface area contributed by atoms with Gasteiger partial charge in [-0.1, -0.05) is 63.1 Å². The maximum absolute atomic E-state index is 11.2. The fourth-order valence-electron chi connectivity index (χ4n) is 8.85. The third kappa shape index (κ3) is 4.82. The van der Waals surface area contributed by atoms with E-state index < -0.39 is 0 Å². The smallest absolute Gasteiger partial charge is 0.169 e. The van der Waals surface area contributed by atoms with Gasteiger partial charge in [0.1, 0.15) is 0 Å². The van der Waals surface area contributed by atoms with Crippen LogP contribution in [-0.4, -0.2) is 43.4 Å². The Morgan fingerprint density at radius 3 is 2.45 bits per heavy atom. The molecule has 210 valence electrons. The van der Waals surface area contributed by atoms with Crippen LogP contribution in [0.2, 0.25) is 0 Å². The Labute approximate surface area is 230 Å². The Morgan fingerprint density at radius 2 is 1.71 bits per heavy atom. The number of aliphatic hydroxyl groups excluding tert-OH is 1. The zero-order chi connectivity index (χ0) is 26.5. The van der Waals surface area contributed by atoms with Gasteiger partial charge in [-0.05, 0) is 85.7 Å². The second kappa shape index (κ2) is 10.3. The van der Waals surface area contributed by atoms with Crippen LogP contribution in [0.5, 0.6) is 0 Å². The predicted molar refractivity (Wildman–Crippen MR) is 151 cm³/mol. The molecule has 6 rings (SSSR count). The number of aliphatic hydroxyl groups is 1. The SMILES string of the molecule is CCCOCCc1ccc(C2CC3(C)C(O)CCC3C3CCC4CC5(CCC4=C23)OCC(C)(C)CO5)cc1. The van der Waals surface area contributed by atoms with Crippen molar-refractivity contribution in [3.63, 3.8) is 0 Å². The van der Waals surface area contributed by atoms with Gasteiger partial charge < -0.3 is 19.3 Å². The van der Waals surface area contributed by atoms with E-state index in [0.717, 1.165) is 71.4 Å². The summed E-state index contributed by atoms with van der Waals surface area (Å²) < 4.78 is 18.7. The molecule has 6 atom stereocenters. The lowest BCUT2D eigenvalue weighted by atomic mass is 9.52. The number of hydrogen-bond acceptors (Lipinski definition) is 4. The Bertz CT molecular complexity index is 1020. The molecule has 4 nitrogen and oxygen atoms in total. The first-order valence-electron chi connectivity index (χ1n) is 15.6. The summed E-state index contributed by atoms with van der Waals surface area (Å²) in [6, 6.07) is 9.43. The third-order valence-electron chi connectivity index (χ3n) is 11.0. The van der Waals surface area contributed by atoms with Gasteiger partial charge in [0.05, 0.1) is 25.9 Å². The van der Waals surface area contributed by atoms with Crippen molar-refractivity contribution in [2.24, 2.45) is 28.6 Å². The largest absolute Gasteiger partial charge is 0.393 e. The highest BCUT2D eigenvalue weighted by Gasteiger charge is 2.57. The van der Waals surface area contributed by atoms with Gasteiger partial charge in [0.2, 0.25) is 0 Å². The van der Waals surface area contributed by atoms with Gasteiger partial charge >= 0.3 is 0 Å². The maximum atomic E-state index is 11.2. The second-order valence-electron chi connectivity index (χ2n) is 14.3. The first-order valence-corrected chi connectivity index (χ1v) is 15.6. The quantitative estimate of drug-likeness (QED) is 0.317. The number of fused-ring (bicyclic) bond motifs is 4. The van der Waals surface area contributed by atoms with Crippen LogP contribution in [0.3, 0.4) is 0 Å². The lowest BCUT2D eigenvalue weighted by molar-refractivity contribution is -0.312. The first kappa shape index (κ1) is 27.0. The molecule has 6 unspecified atom stereocenters. The van der Waals surface area contributed by atoms with E-state index in [-0.39, 0.29) is 22.7 Å². The maximum Gasteiger partial charge on any atom is 0.169 e. The zero-order valence-corrected chi connectivity index (χ0v) is 24.3. The Hall–Kier alpha value is -1.20. The molecule has 1 N–H and O–H groups in total.